The van der Waals surface area contributed by atoms with Gasteiger partial charge in [0, 0.05) is 0 Å². The van der Waals surface area contributed by atoms with Gasteiger partial charge in [0.1, 0.15) is 11.3 Å². The third-order valence-corrected chi connectivity index (χ3v) is 2.34. The highest BCUT2D eigenvalue weighted by Crippen LogP contribution is 2.36. The SMILES string of the molecule is COC(=O)c1c(OC)ccc(C(F)(F)F)c1C. The Morgan fingerprint density at radius 3 is 2.24 bits per heavy atom. The summed E-state index contributed by atoms with van der Waals surface area (Å²) in [5.74, 6) is -0.798. The number of halogens is 3. The van der Waals surface area contributed by atoms with E-state index in [0.717, 1.165) is 19.2 Å². The summed E-state index contributed by atoms with van der Waals surface area (Å²) in [6.07, 6.45) is -4.51. The van der Waals surface area contributed by atoms with Crippen LogP contribution in [0.1, 0.15) is 21.5 Å². The molecule has 1 aromatic rings. The van der Waals surface area contributed by atoms with Crippen LogP contribution in [0.5, 0.6) is 5.75 Å². The van der Waals surface area contributed by atoms with Crippen molar-refractivity contribution < 1.29 is 27.4 Å². The molecule has 17 heavy (non-hydrogen) atoms. The molecule has 94 valence electrons. The van der Waals surface area contributed by atoms with E-state index in [2.05, 4.69) is 4.74 Å². The Morgan fingerprint density at radius 2 is 1.82 bits per heavy atom. The molecule has 0 aliphatic heterocycles. The van der Waals surface area contributed by atoms with Crippen molar-refractivity contribution in [1.82, 2.24) is 0 Å². The molecular weight excluding hydrogens is 237 g/mol. The highest BCUT2D eigenvalue weighted by Gasteiger charge is 2.35. The molecule has 0 bridgehead atoms. The zero-order valence-corrected chi connectivity index (χ0v) is 9.51. The summed E-state index contributed by atoms with van der Waals surface area (Å²) >= 11 is 0. The smallest absolute Gasteiger partial charge is 0.416 e. The molecule has 6 heteroatoms. The molecule has 0 heterocycles. The second kappa shape index (κ2) is 4.65. The van der Waals surface area contributed by atoms with Crippen molar-refractivity contribution in [2.24, 2.45) is 0 Å². The molecule has 0 amide bonds. The Labute approximate surface area is 96.1 Å². The molecule has 0 spiro atoms. The van der Waals surface area contributed by atoms with Crippen LogP contribution in [-0.2, 0) is 10.9 Å². The number of benzene rings is 1. The first-order valence-corrected chi connectivity index (χ1v) is 4.66. The molecule has 0 fully saturated rings. The van der Waals surface area contributed by atoms with Gasteiger partial charge in [-0.1, -0.05) is 0 Å². The van der Waals surface area contributed by atoms with E-state index in [4.69, 9.17) is 4.74 Å². The molecule has 1 aromatic carbocycles. The summed E-state index contributed by atoms with van der Waals surface area (Å²) in [6.45, 7) is 1.21. The van der Waals surface area contributed by atoms with Crippen LogP contribution in [0.25, 0.3) is 0 Å². The van der Waals surface area contributed by atoms with Crippen molar-refractivity contribution in [2.75, 3.05) is 14.2 Å². The fourth-order valence-corrected chi connectivity index (χ4v) is 1.52. The molecular formula is C11H11F3O3. The molecule has 0 aliphatic carbocycles. The van der Waals surface area contributed by atoms with Crippen LogP contribution in [0.4, 0.5) is 13.2 Å². The van der Waals surface area contributed by atoms with Crippen LogP contribution in [0, 0.1) is 6.92 Å². The summed E-state index contributed by atoms with van der Waals surface area (Å²) in [7, 11) is 2.37. The third-order valence-electron chi connectivity index (χ3n) is 2.34. The Morgan fingerprint density at radius 1 is 1.24 bits per heavy atom. The van der Waals surface area contributed by atoms with Crippen LogP contribution >= 0.6 is 0 Å². The summed E-state index contributed by atoms with van der Waals surface area (Å²) in [5, 5.41) is 0. The van der Waals surface area contributed by atoms with E-state index in [1.165, 1.54) is 14.0 Å². The molecule has 0 saturated heterocycles. The van der Waals surface area contributed by atoms with E-state index in [9.17, 15) is 18.0 Å². The number of carbonyl (C=O) groups excluding carboxylic acids is 1. The lowest BCUT2D eigenvalue weighted by molar-refractivity contribution is -0.138. The fraction of sp³-hybridized carbons (Fsp3) is 0.364. The van der Waals surface area contributed by atoms with Gasteiger partial charge in [-0.05, 0) is 24.6 Å². The Balaban J connectivity index is 3.48. The lowest BCUT2D eigenvalue weighted by atomic mass is 10.0. The predicted molar refractivity (Wildman–Crippen MR) is 54.1 cm³/mol. The molecule has 0 aliphatic rings. The average molecular weight is 248 g/mol. The first-order chi connectivity index (χ1) is 7.82. The van der Waals surface area contributed by atoms with Gasteiger partial charge in [0.15, 0.2) is 0 Å². The number of methoxy groups -OCH3 is 2. The molecule has 0 aromatic heterocycles. The Hall–Kier alpha value is -1.72. The number of esters is 1. The minimum Gasteiger partial charge on any atom is -0.496 e. The van der Waals surface area contributed by atoms with Crippen molar-refractivity contribution in [1.29, 1.82) is 0 Å². The van der Waals surface area contributed by atoms with Crippen molar-refractivity contribution in [2.45, 2.75) is 13.1 Å². The first kappa shape index (κ1) is 13.3. The summed E-state index contributed by atoms with van der Waals surface area (Å²) in [4.78, 5) is 11.4. The minimum atomic E-state index is -4.51. The topological polar surface area (TPSA) is 35.5 Å². The number of hydrogen-bond acceptors (Lipinski definition) is 3. The van der Waals surface area contributed by atoms with Crippen LogP contribution < -0.4 is 4.74 Å². The van der Waals surface area contributed by atoms with Gasteiger partial charge in [0.25, 0.3) is 0 Å². The Kier molecular flexibility index (Phi) is 3.65. The third kappa shape index (κ3) is 2.51. The monoisotopic (exact) mass is 248 g/mol. The number of ether oxygens (including phenoxy) is 2. The first-order valence-electron chi connectivity index (χ1n) is 4.66. The van der Waals surface area contributed by atoms with Crippen molar-refractivity contribution in [3.63, 3.8) is 0 Å². The van der Waals surface area contributed by atoms with Gasteiger partial charge in [-0.3, -0.25) is 0 Å². The highest BCUT2D eigenvalue weighted by molar-refractivity contribution is 5.94. The zero-order chi connectivity index (χ0) is 13.2. The molecule has 0 N–H and O–H groups in total. The number of rotatable bonds is 2. The van der Waals surface area contributed by atoms with E-state index in [1.807, 2.05) is 0 Å². The molecule has 3 nitrogen and oxygen atoms in total. The van der Waals surface area contributed by atoms with E-state index in [1.54, 1.807) is 0 Å². The summed E-state index contributed by atoms with van der Waals surface area (Å²) < 4.78 is 47.2. The van der Waals surface area contributed by atoms with Crippen LogP contribution in [0.3, 0.4) is 0 Å². The van der Waals surface area contributed by atoms with Gasteiger partial charge in [-0.25, -0.2) is 4.79 Å². The van der Waals surface area contributed by atoms with E-state index < -0.39 is 17.7 Å². The van der Waals surface area contributed by atoms with Gasteiger partial charge in [-0.2, -0.15) is 13.2 Å². The number of carbonyl (C=O) groups is 1. The number of hydrogen-bond donors (Lipinski definition) is 0. The molecule has 0 unspecified atom stereocenters. The van der Waals surface area contributed by atoms with Crippen molar-refractivity contribution in [3.8, 4) is 5.75 Å². The van der Waals surface area contributed by atoms with Gasteiger partial charge in [0.2, 0.25) is 0 Å². The van der Waals surface area contributed by atoms with Crippen LogP contribution in [0.2, 0.25) is 0 Å². The van der Waals surface area contributed by atoms with E-state index >= 15 is 0 Å². The Bertz CT molecular complexity index is 438. The van der Waals surface area contributed by atoms with Gasteiger partial charge in [0.05, 0.1) is 19.8 Å². The zero-order valence-electron chi connectivity index (χ0n) is 9.51. The van der Waals surface area contributed by atoms with Gasteiger partial charge >= 0.3 is 12.1 Å². The van der Waals surface area contributed by atoms with Crippen LogP contribution in [-0.4, -0.2) is 20.2 Å². The predicted octanol–water partition coefficient (Wildman–Crippen LogP) is 2.81. The van der Waals surface area contributed by atoms with Crippen LogP contribution in [0.15, 0.2) is 12.1 Å². The maximum Gasteiger partial charge on any atom is 0.416 e. The highest BCUT2D eigenvalue weighted by atomic mass is 19.4. The lowest BCUT2D eigenvalue weighted by Gasteiger charge is -2.15. The lowest BCUT2D eigenvalue weighted by Crippen LogP contribution is -2.13. The molecule has 0 radical (unpaired) electrons. The average Bonchev–Trinajstić information content (AvgIpc) is 2.25. The second-order valence-corrected chi connectivity index (χ2v) is 3.30. The minimum absolute atomic E-state index is 0.0577. The van der Waals surface area contributed by atoms with Gasteiger partial charge < -0.3 is 9.47 Å². The van der Waals surface area contributed by atoms with E-state index in [-0.39, 0.29) is 16.9 Å². The van der Waals surface area contributed by atoms with Crippen molar-refractivity contribution in [3.05, 3.63) is 28.8 Å². The number of alkyl halides is 3. The fourth-order valence-electron chi connectivity index (χ4n) is 1.52. The summed E-state index contributed by atoms with van der Waals surface area (Å²) in [6, 6.07) is 1.97. The molecule has 1 rings (SSSR count). The second-order valence-electron chi connectivity index (χ2n) is 3.30. The quantitative estimate of drug-likeness (QED) is 0.755. The largest absolute Gasteiger partial charge is 0.496 e. The normalized spacial score (nSPS) is 11.2. The van der Waals surface area contributed by atoms with Gasteiger partial charge in [-0.15, -0.1) is 0 Å². The van der Waals surface area contributed by atoms with E-state index in [0.29, 0.717) is 0 Å². The maximum absolute atomic E-state index is 12.6. The van der Waals surface area contributed by atoms with Crippen molar-refractivity contribution >= 4 is 5.97 Å². The summed E-state index contributed by atoms with van der Waals surface area (Å²) in [5.41, 5.74) is -1.28. The maximum atomic E-state index is 12.6. The standard InChI is InChI=1S/C11H11F3O3/c1-6-7(11(12,13)14)4-5-8(16-2)9(6)10(15)17-3/h4-5H,1-3H3. The molecule has 0 atom stereocenters. The molecule has 0 saturated carbocycles.